The molecule has 0 spiro atoms. The summed E-state index contributed by atoms with van der Waals surface area (Å²) in [5.41, 5.74) is -0.544. The molecule has 0 aliphatic rings. The van der Waals surface area contributed by atoms with E-state index in [0.29, 0.717) is 23.3 Å². The van der Waals surface area contributed by atoms with Gasteiger partial charge in [-0.2, -0.15) is 0 Å². The van der Waals surface area contributed by atoms with Crippen LogP contribution >= 0.6 is 0 Å². The number of ether oxygens (including phenoxy) is 2. The molecule has 0 saturated carbocycles. The van der Waals surface area contributed by atoms with Crippen molar-refractivity contribution in [2.24, 2.45) is 0 Å². The fourth-order valence-corrected chi connectivity index (χ4v) is 3.52. The van der Waals surface area contributed by atoms with Crippen LogP contribution in [-0.2, 0) is 0 Å². The van der Waals surface area contributed by atoms with Crippen LogP contribution in [0.1, 0.15) is 68.6 Å². The number of para-hydroxylation sites is 1. The molecule has 0 fully saturated rings. The summed E-state index contributed by atoms with van der Waals surface area (Å²) in [4.78, 5) is 24.6. The van der Waals surface area contributed by atoms with Crippen molar-refractivity contribution in [3.8, 4) is 17.2 Å². The predicted octanol–water partition coefficient (Wildman–Crippen LogP) is 6.24. The maximum absolute atomic E-state index is 12.5. The van der Waals surface area contributed by atoms with Crippen LogP contribution in [0.2, 0.25) is 0 Å². The molecule has 0 radical (unpaired) electrons. The molecule has 3 aromatic rings. The first-order valence-corrected chi connectivity index (χ1v) is 11.3. The van der Waals surface area contributed by atoms with Crippen LogP contribution < -0.4 is 15.1 Å². The lowest BCUT2D eigenvalue weighted by Crippen LogP contribution is -2.11. The molecule has 6 nitrogen and oxygen atoms in total. The first-order chi connectivity index (χ1) is 15.6. The van der Waals surface area contributed by atoms with Gasteiger partial charge >= 0.3 is 11.6 Å². The van der Waals surface area contributed by atoms with Gasteiger partial charge in [0.2, 0.25) is 5.75 Å². The molecule has 2 aromatic carbocycles. The molecule has 0 bridgehead atoms. The van der Waals surface area contributed by atoms with Crippen LogP contribution in [0.3, 0.4) is 0 Å². The number of benzene rings is 2. The van der Waals surface area contributed by atoms with Gasteiger partial charge in [0.1, 0.15) is 0 Å². The monoisotopic (exact) mass is 438 g/mol. The van der Waals surface area contributed by atoms with Crippen molar-refractivity contribution in [3.05, 3.63) is 64.5 Å². The first-order valence-electron chi connectivity index (χ1n) is 11.3. The van der Waals surface area contributed by atoms with Gasteiger partial charge in [0, 0.05) is 0 Å². The van der Waals surface area contributed by atoms with Crippen LogP contribution in [0.4, 0.5) is 0 Å². The van der Waals surface area contributed by atoms with Gasteiger partial charge in [-0.25, -0.2) is 9.59 Å². The van der Waals surface area contributed by atoms with E-state index in [1.807, 2.05) is 0 Å². The van der Waals surface area contributed by atoms with Gasteiger partial charge in [-0.3, -0.25) is 0 Å². The predicted molar refractivity (Wildman–Crippen MR) is 124 cm³/mol. The van der Waals surface area contributed by atoms with Gasteiger partial charge in [-0.1, -0.05) is 76.1 Å². The van der Waals surface area contributed by atoms with E-state index in [2.05, 4.69) is 6.92 Å². The summed E-state index contributed by atoms with van der Waals surface area (Å²) < 4.78 is 16.5. The zero-order chi connectivity index (χ0) is 22.8. The maximum Gasteiger partial charge on any atom is 0.382 e. The molecule has 170 valence electrons. The van der Waals surface area contributed by atoms with Crippen molar-refractivity contribution >= 4 is 16.9 Å². The Bertz CT molecular complexity index is 1070. The zero-order valence-electron chi connectivity index (χ0n) is 18.5. The SMILES string of the molecule is CCCCCCCCCCOc1cccc2c(OC(=O)c3ccccc3)c(O)c(=O)oc12. The molecular weight excluding hydrogens is 408 g/mol. The fourth-order valence-electron chi connectivity index (χ4n) is 3.52. The molecule has 0 atom stereocenters. The van der Waals surface area contributed by atoms with Gasteiger partial charge in [0.15, 0.2) is 17.1 Å². The first kappa shape index (κ1) is 23.4. The van der Waals surface area contributed by atoms with E-state index in [1.54, 1.807) is 48.5 Å². The number of unbranched alkanes of at least 4 members (excludes halogenated alkanes) is 7. The Morgan fingerprint density at radius 2 is 1.59 bits per heavy atom. The fraction of sp³-hybridized carbons (Fsp3) is 0.385. The van der Waals surface area contributed by atoms with Crippen LogP contribution in [0.5, 0.6) is 17.2 Å². The van der Waals surface area contributed by atoms with E-state index < -0.39 is 17.3 Å². The second kappa shape index (κ2) is 11.9. The summed E-state index contributed by atoms with van der Waals surface area (Å²) in [6.07, 6.45) is 9.49. The Morgan fingerprint density at radius 3 is 2.31 bits per heavy atom. The summed E-state index contributed by atoms with van der Waals surface area (Å²) >= 11 is 0. The highest BCUT2D eigenvalue weighted by atomic mass is 16.5. The van der Waals surface area contributed by atoms with Gasteiger partial charge in [0.05, 0.1) is 17.6 Å². The van der Waals surface area contributed by atoms with Crippen LogP contribution in [-0.4, -0.2) is 17.7 Å². The lowest BCUT2D eigenvalue weighted by Gasteiger charge is -2.12. The second-order valence-corrected chi connectivity index (χ2v) is 7.78. The van der Waals surface area contributed by atoms with Crippen LogP contribution in [0.15, 0.2) is 57.7 Å². The van der Waals surface area contributed by atoms with Crippen molar-refractivity contribution < 1.29 is 23.8 Å². The molecular formula is C26H30O6. The van der Waals surface area contributed by atoms with Crippen LogP contribution in [0, 0.1) is 0 Å². The maximum atomic E-state index is 12.5. The van der Waals surface area contributed by atoms with E-state index in [1.165, 1.54) is 38.5 Å². The Morgan fingerprint density at radius 1 is 0.906 bits per heavy atom. The molecule has 0 saturated heterocycles. The Balaban J connectivity index is 1.68. The molecule has 1 N–H and O–H groups in total. The number of hydrogen-bond acceptors (Lipinski definition) is 6. The summed E-state index contributed by atoms with van der Waals surface area (Å²) in [5, 5.41) is 10.5. The van der Waals surface area contributed by atoms with Crippen molar-refractivity contribution in [1.29, 1.82) is 0 Å². The standard InChI is InChI=1S/C26H30O6/c1-2-3-4-5-6-7-8-12-18-30-21-17-13-16-20-23(21)31-26(29)22(27)24(20)32-25(28)19-14-10-9-11-15-19/h9-11,13-17,27H,2-8,12,18H2,1H3. The summed E-state index contributed by atoms with van der Waals surface area (Å²) in [6, 6.07) is 13.3. The molecule has 1 aromatic heterocycles. The molecule has 0 aliphatic heterocycles. The molecule has 3 rings (SSSR count). The highest BCUT2D eigenvalue weighted by molar-refractivity contribution is 5.96. The minimum Gasteiger partial charge on any atom is -0.499 e. The second-order valence-electron chi connectivity index (χ2n) is 7.78. The Kier molecular flexibility index (Phi) is 8.72. The number of aromatic hydroxyl groups is 1. The van der Waals surface area contributed by atoms with E-state index in [-0.39, 0.29) is 11.3 Å². The quantitative estimate of drug-likeness (QED) is 0.205. The van der Waals surface area contributed by atoms with E-state index in [9.17, 15) is 14.7 Å². The molecule has 32 heavy (non-hydrogen) atoms. The normalized spacial score (nSPS) is 10.9. The minimum atomic E-state index is -0.989. The summed E-state index contributed by atoms with van der Waals surface area (Å²) in [5.74, 6) is -1.29. The topological polar surface area (TPSA) is 86.0 Å². The minimum absolute atomic E-state index is 0.144. The summed E-state index contributed by atoms with van der Waals surface area (Å²) in [7, 11) is 0. The lowest BCUT2D eigenvalue weighted by molar-refractivity contribution is 0.0731. The molecule has 0 aliphatic carbocycles. The number of rotatable bonds is 12. The zero-order valence-corrected chi connectivity index (χ0v) is 18.5. The van der Waals surface area contributed by atoms with Crippen molar-refractivity contribution in [2.75, 3.05) is 6.61 Å². The third kappa shape index (κ3) is 6.13. The lowest BCUT2D eigenvalue weighted by atomic mass is 10.1. The average Bonchev–Trinajstić information content (AvgIpc) is 2.81. The third-order valence-corrected chi connectivity index (χ3v) is 5.29. The van der Waals surface area contributed by atoms with Crippen molar-refractivity contribution in [1.82, 2.24) is 0 Å². The van der Waals surface area contributed by atoms with Gasteiger partial charge < -0.3 is 19.0 Å². The van der Waals surface area contributed by atoms with Gasteiger partial charge in [0.25, 0.3) is 0 Å². The van der Waals surface area contributed by atoms with E-state index in [0.717, 1.165) is 12.8 Å². The smallest absolute Gasteiger partial charge is 0.382 e. The third-order valence-electron chi connectivity index (χ3n) is 5.29. The molecule has 0 unspecified atom stereocenters. The van der Waals surface area contributed by atoms with Gasteiger partial charge in [-0.05, 0) is 30.7 Å². The number of carbonyl (C=O) groups excluding carboxylic acids is 1. The van der Waals surface area contributed by atoms with Crippen molar-refractivity contribution in [2.45, 2.75) is 58.3 Å². The van der Waals surface area contributed by atoms with Crippen LogP contribution in [0.25, 0.3) is 11.0 Å². The Hall–Kier alpha value is -3.28. The van der Waals surface area contributed by atoms with E-state index in [4.69, 9.17) is 13.9 Å². The largest absolute Gasteiger partial charge is 0.499 e. The number of carbonyl (C=O) groups is 1. The highest BCUT2D eigenvalue weighted by Gasteiger charge is 2.21. The number of esters is 1. The molecule has 1 heterocycles. The van der Waals surface area contributed by atoms with E-state index >= 15 is 0 Å². The number of hydrogen-bond donors (Lipinski definition) is 1. The molecule has 6 heteroatoms. The Labute approximate surface area is 187 Å². The number of fused-ring (bicyclic) bond motifs is 1. The average molecular weight is 439 g/mol. The van der Waals surface area contributed by atoms with Gasteiger partial charge in [-0.15, -0.1) is 0 Å². The summed E-state index contributed by atoms with van der Waals surface area (Å²) in [6.45, 7) is 2.70. The molecule has 0 amide bonds. The highest BCUT2D eigenvalue weighted by Crippen LogP contribution is 2.36. The van der Waals surface area contributed by atoms with Crippen molar-refractivity contribution in [3.63, 3.8) is 0 Å².